The van der Waals surface area contributed by atoms with Crippen LogP contribution in [0.5, 0.6) is 5.75 Å². The molecule has 0 N–H and O–H groups in total. The van der Waals surface area contributed by atoms with Crippen molar-refractivity contribution in [3.63, 3.8) is 0 Å². The second kappa shape index (κ2) is 9.12. The van der Waals surface area contributed by atoms with Gasteiger partial charge in [-0.15, -0.1) is 0 Å². The summed E-state index contributed by atoms with van der Waals surface area (Å²) >= 11 is 6.21. The third-order valence-electron chi connectivity index (χ3n) is 6.79. The maximum atomic E-state index is 6.21. The quantitative estimate of drug-likeness (QED) is 0.368. The first kappa shape index (κ1) is 24.4. The Morgan fingerprint density at radius 2 is 1.24 bits per heavy atom. The molecule has 176 valence electrons. The lowest BCUT2D eigenvalue weighted by Gasteiger charge is -2.31. The second-order valence-corrected chi connectivity index (χ2v) is 11.5. The number of rotatable bonds is 4. The van der Waals surface area contributed by atoms with Gasteiger partial charge in [-0.05, 0) is 63.2 Å². The first-order chi connectivity index (χ1) is 16.0. The summed E-state index contributed by atoms with van der Waals surface area (Å²) in [7, 11) is 0. The Morgan fingerprint density at radius 1 is 0.676 bits per heavy atom. The molecule has 0 bridgehead atoms. The van der Waals surface area contributed by atoms with E-state index in [4.69, 9.17) is 16.2 Å². The van der Waals surface area contributed by atoms with Gasteiger partial charge in [-0.25, -0.2) is 0 Å². The van der Waals surface area contributed by atoms with E-state index in [1.807, 2.05) is 0 Å². The van der Waals surface area contributed by atoms with Crippen molar-refractivity contribution in [3.8, 4) is 5.75 Å². The van der Waals surface area contributed by atoms with Crippen LogP contribution in [0.4, 0.5) is 0 Å². The van der Waals surface area contributed by atoms with E-state index in [0.29, 0.717) is 0 Å². The Labute approximate surface area is 210 Å². The molecular formula is C32H35ClO. The van der Waals surface area contributed by atoms with Crippen molar-refractivity contribution in [2.75, 3.05) is 0 Å². The molecular weight excluding hydrogens is 436 g/mol. The predicted molar refractivity (Wildman–Crippen MR) is 147 cm³/mol. The van der Waals surface area contributed by atoms with Gasteiger partial charge in [0.15, 0.2) is 5.75 Å². The molecule has 0 aliphatic heterocycles. The van der Waals surface area contributed by atoms with Gasteiger partial charge in [0, 0.05) is 11.1 Å². The minimum atomic E-state index is -0.154. The molecule has 4 rings (SSSR count). The largest absolute Gasteiger partial charge is 0.385 e. The van der Waals surface area contributed by atoms with Gasteiger partial charge in [-0.2, -0.15) is 0 Å². The van der Waals surface area contributed by atoms with Crippen molar-refractivity contribution in [1.29, 1.82) is 0 Å². The number of hydrogen-bond acceptors (Lipinski definition) is 1. The van der Waals surface area contributed by atoms with E-state index < -0.39 is 0 Å². The molecule has 1 aliphatic carbocycles. The second-order valence-electron chi connectivity index (χ2n) is 11.3. The molecule has 0 aromatic heterocycles. The van der Waals surface area contributed by atoms with Gasteiger partial charge in [0.05, 0.1) is 0 Å². The predicted octanol–water partition coefficient (Wildman–Crippen LogP) is 9.60. The van der Waals surface area contributed by atoms with Gasteiger partial charge in [0.1, 0.15) is 11.9 Å². The third kappa shape index (κ3) is 4.46. The van der Waals surface area contributed by atoms with E-state index in [-0.39, 0.29) is 10.8 Å². The molecule has 0 fully saturated rings. The van der Waals surface area contributed by atoms with Gasteiger partial charge < -0.3 is 4.29 Å². The maximum absolute atomic E-state index is 6.21. The summed E-state index contributed by atoms with van der Waals surface area (Å²) in [5, 5.41) is 0. The van der Waals surface area contributed by atoms with Crippen LogP contribution >= 0.6 is 11.9 Å². The Hall–Kier alpha value is -2.77. The molecule has 0 unspecified atom stereocenters. The van der Waals surface area contributed by atoms with E-state index in [9.17, 15) is 0 Å². The molecule has 34 heavy (non-hydrogen) atoms. The Balaban J connectivity index is 2.03. The molecule has 0 amide bonds. The van der Waals surface area contributed by atoms with Crippen molar-refractivity contribution >= 4 is 28.6 Å². The van der Waals surface area contributed by atoms with Gasteiger partial charge in [-0.1, -0.05) is 114 Å². The number of benzene rings is 3. The van der Waals surface area contributed by atoms with Crippen molar-refractivity contribution in [2.24, 2.45) is 0 Å². The normalized spacial score (nSPS) is 14.7. The maximum Gasteiger partial charge on any atom is 0.154 e. The Bertz CT molecular complexity index is 1250. The van der Waals surface area contributed by atoms with E-state index in [2.05, 4.69) is 121 Å². The zero-order valence-electron chi connectivity index (χ0n) is 21.4. The van der Waals surface area contributed by atoms with Crippen LogP contribution in [-0.4, -0.2) is 0 Å². The summed E-state index contributed by atoms with van der Waals surface area (Å²) in [6.07, 6.45) is 0.875. The fraction of sp³-hybridized carbons (Fsp3) is 0.312. The summed E-state index contributed by atoms with van der Waals surface area (Å²) < 4.78 is 5.65. The summed E-state index contributed by atoms with van der Waals surface area (Å²) in [6.45, 7) is 15.6. The van der Waals surface area contributed by atoms with Crippen LogP contribution in [0, 0.1) is 0 Å². The highest BCUT2D eigenvalue weighted by Crippen LogP contribution is 2.52. The molecule has 3 aromatic carbocycles. The van der Waals surface area contributed by atoms with Crippen LogP contribution in [0.1, 0.15) is 82.7 Å². The fourth-order valence-electron chi connectivity index (χ4n) is 5.21. The average Bonchev–Trinajstić information content (AvgIpc) is 3.14. The lowest BCUT2D eigenvalue weighted by molar-refractivity contribution is 0.501. The zero-order valence-corrected chi connectivity index (χ0v) is 22.2. The molecule has 0 heterocycles. The van der Waals surface area contributed by atoms with Gasteiger partial charge in [-0.3, -0.25) is 0 Å². The first-order valence-corrected chi connectivity index (χ1v) is 12.4. The van der Waals surface area contributed by atoms with Gasteiger partial charge in [0.2, 0.25) is 0 Å². The molecule has 0 spiro atoms. The first-order valence-electron chi connectivity index (χ1n) is 12.0. The molecule has 1 nitrogen and oxygen atoms in total. The van der Waals surface area contributed by atoms with Crippen molar-refractivity contribution < 1.29 is 4.29 Å². The van der Waals surface area contributed by atoms with Crippen molar-refractivity contribution in [3.05, 3.63) is 106 Å². The monoisotopic (exact) mass is 470 g/mol. The SMILES string of the molecule is CC1=C(c2ccccc2)CC(c2ccc(C(C)(C)C)c(OCl)c2C(C)(C)C)=C1c1ccccc1. The summed E-state index contributed by atoms with van der Waals surface area (Å²) in [5.41, 5.74) is 11.2. The van der Waals surface area contributed by atoms with E-state index in [1.54, 1.807) is 0 Å². The highest BCUT2D eigenvalue weighted by Gasteiger charge is 2.33. The van der Waals surface area contributed by atoms with Crippen molar-refractivity contribution in [2.45, 2.75) is 65.7 Å². The molecule has 1 aliphatic rings. The Kier molecular flexibility index (Phi) is 6.53. The van der Waals surface area contributed by atoms with E-state index in [1.165, 1.54) is 44.5 Å². The number of halogens is 1. The van der Waals surface area contributed by atoms with Crippen LogP contribution < -0.4 is 4.29 Å². The lowest BCUT2D eigenvalue weighted by atomic mass is 9.75. The minimum absolute atomic E-state index is 0.0849. The number of hydrogen-bond donors (Lipinski definition) is 0. The van der Waals surface area contributed by atoms with Gasteiger partial charge >= 0.3 is 0 Å². The number of allylic oxidation sites excluding steroid dienone is 4. The molecule has 0 radical (unpaired) electrons. The Morgan fingerprint density at radius 3 is 1.74 bits per heavy atom. The summed E-state index contributed by atoms with van der Waals surface area (Å²) in [4.78, 5) is 0. The topological polar surface area (TPSA) is 9.23 Å². The zero-order chi connectivity index (χ0) is 24.7. The van der Waals surface area contributed by atoms with Crippen molar-refractivity contribution in [1.82, 2.24) is 0 Å². The fourth-order valence-corrected chi connectivity index (χ4v) is 5.37. The summed E-state index contributed by atoms with van der Waals surface area (Å²) in [5.74, 6) is 0.796. The van der Waals surface area contributed by atoms with Crippen LogP contribution in [0.15, 0.2) is 78.4 Å². The molecule has 2 heteroatoms. The van der Waals surface area contributed by atoms with E-state index in [0.717, 1.165) is 17.7 Å². The van der Waals surface area contributed by atoms with Gasteiger partial charge in [0.25, 0.3) is 0 Å². The smallest absolute Gasteiger partial charge is 0.154 e. The highest BCUT2D eigenvalue weighted by molar-refractivity contribution is 6.11. The van der Waals surface area contributed by atoms with Crippen LogP contribution in [-0.2, 0) is 10.8 Å². The lowest BCUT2D eigenvalue weighted by Crippen LogP contribution is -2.20. The molecule has 0 saturated carbocycles. The van der Waals surface area contributed by atoms with Crippen LogP contribution in [0.2, 0.25) is 0 Å². The molecule has 0 saturated heterocycles. The average molecular weight is 471 g/mol. The van der Waals surface area contributed by atoms with Crippen LogP contribution in [0.3, 0.4) is 0 Å². The third-order valence-corrected chi connectivity index (χ3v) is 6.94. The summed E-state index contributed by atoms with van der Waals surface area (Å²) in [6, 6.07) is 26.0. The van der Waals surface area contributed by atoms with Crippen LogP contribution in [0.25, 0.3) is 16.7 Å². The minimum Gasteiger partial charge on any atom is -0.385 e. The molecule has 0 atom stereocenters. The standard InChI is InChI=1S/C32H35ClO/c1-21-25(22-14-10-8-11-15-22)20-26(28(21)23-16-12-9-13-17-23)24-18-19-27(31(2,3)4)30(34-33)29(24)32(5,6)7/h8-19H,20H2,1-7H3. The van der Waals surface area contributed by atoms with E-state index >= 15 is 0 Å². The highest BCUT2D eigenvalue weighted by atomic mass is 35.5. The molecule has 3 aromatic rings.